The van der Waals surface area contributed by atoms with Gasteiger partial charge in [-0.15, -0.1) is 0 Å². The van der Waals surface area contributed by atoms with Gasteiger partial charge in [0.25, 0.3) is 0 Å². The van der Waals surface area contributed by atoms with E-state index in [9.17, 15) is 4.79 Å². The molecule has 2 rings (SSSR count). The van der Waals surface area contributed by atoms with Crippen molar-refractivity contribution in [1.29, 1.82) is 0 Å². The molecule has 13 heavy (non-hydrogen) atoms. The zero-order chi connectivity index (χ0) is 9.26. The second-order valence-corrected chi connectivity index (χ2v) is 4.15. The molecule has 3 heteroatoms. The molecule has 0 radical (unpaired) electrons. The number of nitrogens with zero attached hydrogens (tertiary/aromatic N) is 2. The van der Waals surface area contributed by atoms with Gasteiger partial charge in [0.2, 0.25) is 5.91 Å². The van der Waals surface area contributed by atoms with Gasteiger partial charge in [-0.25, -0.2) is 0 Å². The number of piperazine rings is 1. The van der Waals surface area contributed by atoms with Gasteiger partial charge in [-0.3, -0.25) is 9.69 Å². The lowest BCUT2D eigenvalue weighted by atomic mass is 10.2. The van der Waals surface area contributed by atoms with Crippen molar-refractivity contribution >= 4 is 5.91 Å². The number of likely N-dealkylation sites (N-methyl/N-ethyl adjacent to an activating group) is 1. The van der Waals surface area contributed by atoms with Crippen LogP contribution < -0.4 is 0 Å². The third-order valence-electron chi connectivity index (χ3n) is 3.02. The van der Waals surface area contributed by atoms with Gasteiger partial charge < -0.3 is 4.90 Å². The van der Waals surface area contributed by atoms with Gasteiger partial charge in [0.15, 0.2) is 0 Å². The molecule has 1 aliphatic carbocycles. The first-order valence-electron chi connectivity index (χ1n) is 5.29. The van der Waals surface area contributed by atoms with Gasteiger partial charge in [0.05, 0.1) is 6.54 Å². The molecule has 1 aliphatic heterocycles. The summed E-state index contributed by atoms with van der Waals surface area (Å²) in [5.74, 6) is 1.16. The van der Waals surface area contributed by atoms with Crippen LogP contribution in [0, 0.1) is 5.92 Å². The van der Waals surface area contributed by atoms with Crippen LogP contribution in [0.25, 0.3) is 0 Å². The maximum absolute atomic E-state index is 11.6. The van der Waals surface area contributed by atoms with Gasteiger partial charge in [-0.2, -0.15) is 0 Å². The lowest BCUT2D eigenvalue weighted by Crippen LogP contribution is -2.50. The molecule has 0 N–H and O–H groups in total. The average molecular weight is 182 g/mol. The second-order valence-electron chi connectivity index (χ2n) is 4.15. The van der Waals surface area contributed by atoms with E-state index < -0.39 is 0 Å². The number of hydrogen-bond acceptors (Lipinski definition) is 2. The first-order valence-corrected chi connectivity index (χ1v) is 5.29. The number of hydrogen-bond donors (Lipinski definition) is 0. The van der Waals surface area contributed by atoms with Gasteiger partial charge in [0.1, 0.15) is 0 Å². The predicted octanol–water partition coefficient (Wildman–Crippen LogP) is 0.560. The monoisotopic (exact) mass is 182 g/mol. The minimum Gasteiger partial charge on any atom is -0.340 e. The Hall–Kier alpha value is -0.570. The van der Waals surface area contributed by atoms with Crippen molar-refractivity contribution in [3.8, 4) is 0 Å². The second kappa shape index (κ2) is 3.66. The van der Waals surface area contributed by atoms with E-state index in [0.717, 1.165) is 32.1 Å². The minimum absolute atomic E-state index is 0.333. The molecule has 0 aromatic carbocycles. The van der Waals surface area contributed by atoms with E-state index in [0.29, 0.717) is 12.5 Å². The highest BCUT2D eigenvalue weighted by Gasteiger charge is 2.29. The van der Waals surface area contributed by atoms with Crippen molar-refractivity contribution in [2.75, 3.05) is 32.7 Å². The molecule has 1 saturated carbocycles. The van der Waals surface area contributed by atoms with E-state index in [1.165, 1.54) is 12.8 Å². The molecule has 0 aromatic heterocycles. The summed E-state index contributed by atoms with van der Waals surface area (Å²) >= 11 is 0. The highest BCUT2D eigenvalue weighted by molar-refractivity contribution is 5.79. The first-order chi connectivity index (χ1) is 6.29. The summed E-state index contributed by atoms with van der Waals surface area (Å²) in [6.07, 6.45) is 2.67. The molecular weight excluding hydrogens is 164 g/mol. The third kappa shape index (κ3) is 2.21. The number of carbonyl (C=O) groups is 1. The van der Waals surface area contributed by atoms with Crippen LogP contribution in [-0.2, 0) is 4.79 Å². The highest BCUT2D eigenvalue weighted by atomic mass is 16.2. The van der Waals surface area contributed by atoms with E-state index in [2.05, 4.69) is 11.8 Å². The summed E-state index contributed by atoms with van der Waals surface area (Å²) < 4.78 is 0. The van der Waals surface area contributed by atoms with Crippen molar-refractivity contribution in [3.63, 3.8) is 0 Å². The van der Waals surface area contributed by atoms with E-state index in [1.807, 2.05) is 4.90 Å². The molecule has 0 spiro atoms. The Balaban J connectivity index is 1.81. The Morgan fingerprint density at radius 1 is 1.38 bits per heavy atom. The molecule has 0 atom stereocenters. The predicted molar refractivity (Wildman–Crippen MR) is 51.4 cm³/mol. The van der Waals surface area contributed by atoms with Crippen LogP contribution in [0.15, 0.2) is 0 Å². The van der Waals surface area contributed by atoms with Crippen LogP contribution >= 0.6 is 0 Å². The van der Waals surface area contributed by atoms with Crippen LogP contribution in [-0.4, -0.2) is 48.4 Å². The van der Waals surface area contributed by atoms with Crippen LogP contribution in [0.5, 0.6) is 0 Å². The quantitative estimate of drug-likeness (QED) is 0.636. The highest BCUT2D eigenvalue weighted by Crippen LogP contribution is 2.30. The molecule has 1 amide bonds. The van der Waals surface area contributed by atoms with Crippen LogP contribution in [0.2, 0.25) is 0 Å². The topological polar surface area (TPSA) is 23.6 Å². The van der Waals surface area contributed by atoms with Crippen LogP contribution in [0.3, 0.4) is 0 Å². The van der Waals surface area contributed by atoms with E-state index in [4.69, 9.17) is 0 Å². The Labute approximate surface area is 79.7 Å². The maximum atomic E-state index is 11.6. The smallest absolute Gasteiger partial charge is 0.236 e. The summed E-state index contributed by atoms with van der Waals surface area (Å²) in [6, 6.07) is 0. The average Bonchev–Trinajstić information content (AvgIpc) is 2.92. The molecule has 2 aliphatic rings. The van der Waals surface area contributed by atoms with Crippen molar-refractivity contribution in [2.24, 2.45) is 5.92 Å². The summed E-state index contributed by atoms with van der Waals surface area (Å²) in [5.41, 5.74) is 0. The molecular formula is C10H18N2O. The molecule has 74 valence electrons. The SMILES string of the molecule is CCN1CCN(CC2CC2)C(=O)C1. The normalized spacial score (nSPS) is 25.3. The zero-order valence-electron chi connectivity index (χ0n) is 8.33. The van der Waals surface area contributed by atoms with Gasteiger partial charge in [0, 0.05) is 19.6 Å². The molecule has 3 nitrogen and oxygen atoms in total. The maximum Gasteiger partial charge on any atom is 0.236 e. The molecule has 0 bridgehead atoms. The standard InChI is InChI=1S/C10H18N2O/c1-2-11-5-6-12(10(13)8-11)7-9-3-4-9/h9H,2-8H2,1H3. The molecule has 1 heterocycles. The molecule has 0 aromatic rings. The fourth-order valence-corrected chi connectivity index (χ4v) is 1.83. The largest absolute Gasteiger partial charge is 0.340 e. The molecule has 1 saturated heterocycles. The van der Waals surface area contributed by atoms with E-state index in [1.54, 1.807) is 0 Å². The van der Waals surface area contributed by atoms with Crippen LogP contribution in [0.1, 0.15) is 19.8 Å². The van der Waals surface area contributed by atoms with Crippen molar-refractivity contribution < 1.29 is 4.79 Å². The molecule has 0 unspecified atom stereocenters. The third-order valence-corrected chi connectivity index (χ3v) is 3.02. The minimum atomic E-state index is 0.333. The Morgan fingerprint density at radius 3 is 2.69 bits per heavy atom. The van der Waals surface area contributed by atoms with Gasteiger partial charge >= 0.3 is 0 Å². The van der Waals surface area contributed by atoms with E-state index >= 15 is 0 Å². The summed E-state index contributed by atoms with van der Waals surface area (Å²) in [6.45, 7) is 6.80. The first kappa shape index (κ1) is 9.00. The lowest BCUT2D eigenvalue weighted by Gasteiger charge is -2.33. The van der Waals surface area contributed by atoms with E-state index in [-0.39, 0.29) is 0 Å². The number of carbonyl (C=O) groups excluding carboxylic acids is 1. The van der Waals surface area contributed by atoms with Gasteiger partial charge in [-0.05, 0) is 25.3 Å². The fraction of sp³-hybridized carbons (Fsp3) is 0.900. The Bertz CT molecular complexity index is 201. The van der Waals surface area contributed by atoms with Gasteiger partial charge in [-0.1, -0.05) is 6.92 Å². The number of amides is 1. The van der Waals surface area contributed by atoms with Crippen molar-refractivity contribution in [2.45, 2.75) is 19.8 Å². The summed E-state index contributed by atoms with van der Waals surface area (Å²) in [4.78, 5) is 15.9. The Kier molecular flexibility index (Phi) is 2.54. The lowest BCUT2D eigenvalue weighted by molar-refractivity contribution is -0.136. The fourth-order valence-electron chi connectivity index (χ4n) is 1.83. The molecule has 2 fully saturated rings. The number of rotatable bonds is 3. The van der Waals surface area contributed by atoms with Crippen molar-refractivity contribution in [3.05, 3.63) is 0 Å². The van der Waals surface area contributed by atoms with Crippen LogP contribution in [0.4, 0.5) is 0 Å². The Morgan fingerprint density at radius 2 is 2.15 bits per heavy atom. The summed E-state index contributed by atoms with van der Waals surface area (Å²) in [5, 5.41) is 0. The summed E-state index contributed by atoms with van der Waals surface area (Å²) in [7, 11) is 0. The van der Waals surface area contributed by atoms with Crippen molar-refractivity contribution in [1.82, 2.24) is 9.80 Å². The zero-order valence-corrected chi connectivity index (χ0v) is 8.33.